The Morgan fingerprint density at radius 1 is 1.27 bits per heavy atom. The molecule has 0 saturated carbocycles. The summed E-state index contributed by atoms with van der Waals surface area (Å²) < 4.78 is 0. The van der Waals surface area contributed by atoms with Crippen LogP contribution in [0.15, 0.2) is 18.2 Å². The molecule has 0 bridgehead atoms. The minimum atomic E-state index is -0.292. The molecule has 0 aromatic heterocycles. The fraction of sp³-hybridized carbons (Fsp3) is 0.526. The van der Waals surface area contributed by atoms with E-state index in [9.17, 15) is 14.4 Å². The Morgan fingerprint density at radius 3 is 2.73 bits per heavy atom. The number of benzene rings is 1. The average molecular weight is 380 g/mol. The highest BCUT2D eigenvalue weighted by molar-refractivity contribution is 6.22. The van der Waals surface area contributed by atoms with E-state index in [4.69, 9.17) is 0 Å². The SMILES string of the molecule is CCCCN1C(=O)c2ccc(C(=O)NCC3CCCNC3)cc2C1=O.Cl. The summed E-state index contributed by atoms with van der Waals surface area (Å²) in [6.45, 7) is 5.03. The monoisotopic (exact) mass is 379 g/mol. The summed E-state index contributed by atoms with van der Waals surface area (Å²) in [6.07, 6.45) is 3.94. The van der Waals surface area contributed by atoms with Crippen LogP contribution >= 0.6 is 12.4 Å². The molecule has 1 unspecified atom stereocenters. The number of hydrogen-bond donors (Lipinski definition) is 2. The predicted molar refractivity (Wildman–Crippen MR) is 102 cm³/mol. The van der Waals surface area contributed by atoms with E-state index in [-0.39, 0.29) is 30.1 Å². The van der Waals surface area contributed by atoms with Gasteiger partial charge in [-0.15, -0.1) is 12.4 Å². The van der Waals surface area contributed by atoms with E-state index in [1.54, 1.807) is 18.2 Å². The van der Waals surface area contributed by atoms with Gasteiger partial charge in [-0.2, -0.15) is 0 Å². The zero-order chi connectivity index (χ0) is 17.8. The summed E-state index contributed by atoms with van der Waals surface area (Å²) in [4.78, 5) is 38.5. The van der Waals surface area contributed by atoms with Crippen LogP contribution in [-0.2, 0) is 0 Å². The van der Waals surface area contributed by atoms with E-state index < -0.39 is 0 Å². The Labute approximate surface area is 160 Å². The highest BCUT2D eigenvalue weighted by Crippen LogP contribution is 2.24. The molecule has 1 atom stereocenters. The first-order chi connectivity index (χ1) is 12.1. The number of fused-ring (bicyclic) bond motifs is 1. The zero-order valence-corrected chi connectivity index (χ0v) is 15.9. The molecule has 1 fully saturated rings. The fourth-order valence-electron chi connectivity index (χ4n) is 3.39. The van der Waals surface area contributed by atoms with Crippen LogP contribution in [0.5, 0.6) is 0 Å². The van der Waals surface area contributed by atoms with Crippen molar-refractivity contribution in [2.75, 3.05) is 26.2 Å². The molecule has 26 heavy (non-hydrogen) atoms. The van der Waals surface area contributed by atoms with Crippen molar-refractivity contribution in [1.82, 2.24) is 15.5 Å². The molecule has 3 rings (SSSR count). The number of nitrogens with zero attached hydrogens (tertiary/aromatic N) is 1. The van der Waals surface area contributed by atoms with Crippen LogP contribution in [0.3, 0.4) is 0 Å². The van der Waals surface area contributed by atoms with Crippen LogP contribution in [0.2, 0.25) is 0 Å². The molecule has 3 amide bonds. The van der Waals surface area contributed by atoms with E-state index in [0.29, 0.717) is 35.7 Å². The van der Waals surface area contributed by atoms with Gasteiger partial charge in [-0.3, -0.25) is 19.3 Å². The fourth-order valence-corrected chi connectivity index (χ4v) is 3.39. The zero-order valence-electron chi connectivity index (χ0n) is 15.0. The number of nitrogens with one attached hydrogen (secondary N) is 2. The highest BCUT2D eigenvalue weighted by atomic mass is 35.5. The summed E-state index contributed by atoms with van der Waals surface area (Å²) >= 11 is 0. The number of imide groups is 1. The van der Waals surface area contributed by atoms with E-state index in [1.165, 1.54) is 4.90 Å². The lowest BCUT2D eigenvalue weighted by atomic mass is 9.99. The van der Waals surface area contributed by atoms with Crippen molar-refractivity contribution >= 4 is 30.1 Å². The second-order valence-corrected chi connectivity index (χ2v) is 6.80. The van der Waals surface area contributed by atoms with Crippen LogP contribution < -0.4 is 10.6 Å². The van der Waals surface area contributed by atoms with Gasteiger partial charge in [0.2, 0.25) is 0 Å². The first-order valence-corrected chi connectivity index (χ1v) is 9.11. The van der Waals surface area contributed by atoms with Gasteiger partial charge in [-0.1, -0.05) is 13.3 Å². The Hall–Kier alpha value is -1.92. The summed E-state index contributed by atoms with van der Waals surface area (Å²) in [6, 6.07) is 4.77. The van der Waals surface area contributed by atoms with E-state index in [0.717, 1.165) is 38.8 Å². The largest absolute Gasteiger partial charge is 0.352 e. The Kier molecular flexibility index (Phi) is 7.17. The summed E-state index contributed by atoms with van der Waals surface area (Å²) in [5.74, 6) is -0.297. The number of carbonyl (C=O) groups is 3. The van der Waals surface area contributed by atoms with Crippen molar-refractivity contribution in [3.05, 3.63) is 34.9 Å². The second-order valence-electron chi connectivity index (χ2n) is 6.80. The second kappa shape index (κ2) is 9.14. The maximum atomic E-state index is 12.5. The summed E-state index contributed by atoms with van der Waals surface area (Å²) in [5.41, 5.74) is 1.17. The maximum Gasteiger partial charge on any atom is 0.261 e. The van der Waals surface area contributed by atoms with Gasteiger partial charge in [0.05, 0.1) is 11.1 Å². The quantitative estimate of drug-likeness (QED) is 0.743. The van der Waals surface area contributed by atoms with Gasteiger partial charge < -0.3 is 10.6 Å². The molecule has 2 aliphatic heterocycles. The molecular formula is C19H26ClN3O3. The Balaban J connectivity index is 0.00000243. The van der Waals surface area contributed by atoms with E-state index in [1.807, 2.05) is 6.92 Å². The maximum absolute atomic E-state index is 12.5. The minimum absolute atomic E-state index is 0. The van der Waals surface area contributed by atoms with Crippen LogP contribution in [0.4, 0.5) is 0 Å². The number of carbonyl (C=O) groups excluding carboxylic acids is 3. The van der Waals surface area contributed by atoms with E-state index in [2.05, 4.69) is 10.6 Å². The third kappa shape index (κ3) is 4.24. The molecule has 1 saturated heterocycles. The summed E-state index contributed by atoms with van der Waals surface area (Å²) in [7, 11) is 0. The van der Waals surface area contributed by atoms with Crippen molar-refractivity contribution in [1.29, 1.82) is 0 Å². The number of halogens is 1. The van der Waals surface area contributed by atoms with Gasteiger partial charge in [0.1, 0.15) is 0 Å². The molecule has 1 aromatic carbocycles. The Morgan fingerprint density at radius 2 is 2.04 bits per heavy atom. The van der Waals surface area contributed by atoms with Gasteiger partial charge in [0.25, 0.3) is 17.7 Å². The Bertz CT molecular complexity index is 687. The van der Waals surface area contributed by atoms with Crippen LogP contribution in [-0.4, -0.2) is 48.8 Å². The van der Waals surface area contributed by atoms with Crippen molar-refractivity contribution < 1.29 is 14.4 Å². The lowest BCUT2D eigenvalue weighted by molar-refractivity contribution is 0.0652. The topological polar surface area (TPSA) is 78.5 Å². The third-order valence-electron chi connectivity index (χ3n) is 4.92. The first kappa shape index (κ1) is 20.4. The number of rotatable bonds is 6. The van der Waals surface area contributed by atoms with Crippen molar-refractivity contribution in [2.45, 2.75) is 32.6 Å². The molecule has 0 spiro atoms. The van der Waals surface area contributed by atoms with Crippen LogP contribution in [0, 0.1) is 5.92 Å². The summed E-state index contributed by atoms with van der Waals surface area (Å²) in [5, 5.41) is 6.27. The van der Waals surface area contributed by atoms with Gasteiger partial charge in [-0.05, 0) is 56.5 Å². The van der Waals surface area contributed by atoms with Crippen molar-refractivity contribution in [3.63, 3.8) is 0 Å². The van der Waals surface area contributed by atoms with Gasteiger partial charge >= 0.3 is 0 Å². The molecule has 0 radical (unpaired) electrons. The lowest BCUT2D eigenvalue weighted by Crippen LogP contribution is -2.38. The molecule has 6 nitrogen and oxygen atoms in total. The van der Waals surface area contributed by atoms with Crippen LogP contribution in [0.25, 0.3) is 0 Å². The predicted octanol–water partition coefficient (Wildman–Crippen LogP) is 2.23. The smallest absolute Gasteiger partial charge is 0.261 e. The third-order valence-corrected chi connectivity index (χ3v) is 4.92. The van der Waals surface area contributed by atoms with Gasteiger partial charge in [0.15, 0.2) is 0 Å². The van der Waals surface area contributed by atoms with Gasteiger partial charge in [0, 0.05) is 18.7 Å². The average Bonchev–Trinajstić information content (AvgIpc) is 2.89. The van der Waals surface area contributed by atoms with Gasteiger partial charge in [-0.25, -0.2) is 0 Å². The molecule has 0 aliphatic carbocycles. The van der Waals surface area contributed by atoms with Crippen molar-refractivity contribution in [3.8, 4) is 0 Å². The molecule has 2 heterocycles. The lowest BCUT2D eigenvalue weighted by Gasteiger charge is -2.22. The van der Waals surface area contributed by atoms with Crippen LogP contribution in [0.1, 0.15) is 63.7 Å². The molecule has 1 aromatic rings. The molecule has 142 valence electrons. The van der Waals surface area contributed by atoms with E-state index >= 15 is 0 Å². The first-order valence-electron chi connectivity index (χ1n) is 9.11. The standard InChI is InChI=1S/C19H25N3O3.ClH/c1-2-3-9-22-18(24)15-7-6-14(10-16(15)19(22)25)17(23)21-12-13-5-4-8-20-11-13;/h6-7,10,13,20H,2-5,8-9,11-12H2,1H3,(H,21,23);1H. The number of piperidine rings is 1. The number of unbranched alkanes of at least 4 members (excludes halogenated alkanes) is 1. The molecule has 7 heteroatoms. The van der Waals surface area contributed by atoms with Crippen molar-refractivity contribution in [2.24, 2.45) is 5.92 Å². The normalized spacial score (nSPS) is 19.1. The number of hydrogen-bond acceptors (Lipinski definition) is 4. The minimum Gasteiger partial charge on any atom is -0.352 e. The molecule has 2 N–H and O–H groups in total. The number of amides is 3. The molecular weight excluding hydrogens is 354 g/mol. The highest BCUT2D eigenvalue weighted by Gasteiger charge is 2.35. The molecule has 2 aliphatic rings.